The zero-order chi connectivity index (χ0) is 9.98. The van der Waals surface area contributed by atoms with Crippen LogP contribution < -0.4 is 0 Å². The van der Waals surface area contributed by atoms with Gasteiger partial charge in [0.15, 0.2) is 0 Å². The van der Waals surface area contributed by atoms with Crippen LogP contribution in [0.3, 0.4) is 0 Å². The minimum atomic E-state index is -0.475. The second-order valence-corrected chi connectivity index (χ2v) is 2.83. The maximum atomic E-state index is 10.1. The van der Waals surface area contributed by atoms with Gasteiger partial charge in [-0.05, 0) is 20.3 Å². The summed E-state index contributed by atoms with van der Waals surface area (Å²) >= 11 is 0. The molecule has 0 amide bonds. The standard InChI is InChI=1S/C5H10O2.C4H10O.Zr/c1-4(6)3-5(2)7;1-2-3-4-5;/h4,6H,3H2,1-2H3;5H,2-4H2,1H3;. The topological polar surface area (TPSA) is 57.5 Å². The first-order valence-corrected chi connectivity index (χ1v) is 4.32. The average molecular weight is 267 g/mol. The summed E-state index contributed by atoms with van der Waals surface area (Å²) in [6, 6.07) is 0. The van der Waals surface area contributed by atoms with E-state index in [2.05, 4.69) is 6.92 Å². The summed E-state index contributed by atoms with van der Waals surface area (Å²) in [6.45, 7) is 5.46. The molecule has 0 aromatic rings. The van der Waals surface area contributed by atoms with Crippen LogP contribution in [0.15, 0.2) is 0 Å². The van der Waals surface area contributed by atoms with E-state index in [9.17, 15) is 4.79 Å². The van der Waals surface area contributed by atoms with Crippen LogP contribution in [0, 0.1) is 0 Å². The largest absolute Gasteiger partial charge is 0.396 e. The third-order valence-corrected chi connectivity index (χ3v) is 1.09. The van der Waals surface area contributed by atoms with Crippen molar-refractivity contribution in [2.75, 3.05) is 6.61 Å². The zero-order valence-corrected chi connectivity index (χ0v) is 11.2. The molecule has 0 heterocycles. The Balaban J connectivity index is -0.000000150. The third kappa shape index (κ3) is 32.7. The van der Waals surface area contributed by atoms with Crippen molar-refractivity contribution in [3.8, 4) is 0 Å². The van der Waals surface area contributed by atoms with Crippen LogP contribution in [0.25, 0.3) is 0 Å². The minimum Gasteiger partial charge on any atom is -0.396 e. The summed E-state index contributed by atoms with van der Waals surface area (Å²) in [5.41, 5.74) is 0. The predicted molar refractivity (Wildman–Crippen MR) is 49.0 cm³/mol. The fourth-order valence-corrected chi connectivity index (χ4v) is 0.574. The molecule has 0 rings (SSSR count). The maximum Gasteiger partial charge on any atom is 0.132 e. The Morgan fingerprint density at radius 1 is 1.46 bits per heavy atom. The Labute approximate surface area is 99.7 Å². The summed E-state index contributed by atoms with van der Waals surface area (Å²) < 4.78 is 0. The number of carbonyl (C=O) groups is 1. The Morgan fingerprint density at radius 3 is 1.92 bits per heavy atom. The van der Waals surface area contributed by atoms with Crippen molar-refractivity contribution in [3.05, 3.63) is 0 Å². The summed E-state index contributed by atoms with van der Waals surface area (Å²) in [6.07, 6.45) is 1.84. The summed E-state index contributed by atoms with van der Waals surface area (Å²) in [5, 5.41) is 16.6. The molecule has 0 fully saturated rings. The van der Waals surface area contributed by atoms with E-state index in [0.717, 1.165) is 12.8 Å². The Morgan fingerprint density at radius 2 is 1.92 bits per heavy atom. The zero-order valence-electron chi connectivity index (χ0n) is 8.71. The second kappa shape index (κ2) is 15.0. The van der Waals surface area contributed by atoms with Crippen LogP contribution >= 0.6 is 0 Å². The van der Waals surface area contributed by atoms with Gasteiger partial charge in [-0.1, -0.05) is 13.3 Å². The van der Waals surface area contributed by atoms with E-state index in [1.807, 2.05) is 0 Å². The number of aliphatic hydroxyl groups excluding tert-OH is 2. The van der Waals surface area contributed by atoms with Gasteiger partial charge in [-0.15, -0.1) is 0 Å². The summed E-state index contributed by atoms with van der Waals surface area (Å²) in [5.74, 6) is 0.0370. The number of aliphatic hydroxyl groups is 2. The van der Waals surface area contributed by atoms with Crippen molar-refractivity contribution in [1.29, 1.82) is 0 Å². The van der Waals surface area contributed by atoms with Gasteiger partial charge >= 0.3 is 0 Å². The minimum absolute atomic E-state index is 0. The van der Waals surface area contributed by atoms with Gasteiger partial charge in [0.1, 0.15) is 5.78 Å². The molecule has 13 heavy (non-hydrogen) atoms. The monoisotopic (exact) mass is 266 g/mol. The number of rotatable bonds is 4. The Hall–Kier alpha value is 0.473. The van der Waals surface area contributed by atoms with E-state index in [0.29, 0.717) is 6.61 Å². The normalized spacial score (nSPS) is 10.5. The molecule has 0 radical (unpaired) electrons. The smallest absolute Gasteiger partial charge is 0.132 e. The molecular formula is C9H20O3Zr. The summed E-state index contributed by atoms with van der Waals surface area (Å²) in [4.78, 5) is 10.1. The molecule has 0 aliphatic heterocycles. The van der Waals surface area contributed by atoms with Crippen molar-refractivity contribution in [1.82, 2.24) is 0 Å². The van der Waals surface area contributed by atoms with Crippen molar-refractivity contribution >= 4 is 5.78 Å². The molecule has 0 aromatic carbocycles. The van der Waals surface area contributed by atoms with Gasteiger partial charge in [0.25, 0.3) is 0 Å². The third-order valence-electron chi connectivity index (χ3n) is 1.09. The number of unbranched alkanes of at least 4 members (excludes halogenated alkanes) is 1. The molecule has 4 heteroatoms. The maximum absolute atomic E-state index is 10.1. The van der Waals surface area contributed by atoms with E-state index < -0.39 is 6.10 Å². The first-order chi connectivity index (χ1) is 5.54. The number of hydrogen-bond acceptors (Lipinski definition) is 3. The number of hydrogen-bond donors (Lipinski definition) is 2. The number of ketones is 1. The van der Waals surface area contributed by atoms with Gasteiger partial charge in [-0.25, -0.2) is 0 Å². The van der Waals surface area contributed by atoms with Gasteiger partial charge in [0.05, 0.1) is 6.10 Å². The van der Waals surface area contributed by atoms with Crippen LogP contribution in [-0.2, 0) is 31.0 Å². The molecule has 0 spiro atoms. The molecule has 1 unspecified atom stereocenters. The molecule has 0 aliphatic rings. The molecule has 0 aromatic heterocycles. The average Bonchev–Trinajstić information content (AvgIpc) is 1.87. The van der Waals surface area contributed by atoms with Crippen LogP contribution in [0.4, 0.5) is 0 Å². The van der Waals surface area contributed by atoms with Crippen molar-refractivity contribution in [3.63, 3.8) is 0 Å². The van der Waals surface area contributed by atoms with Crippen LogP contribution in [0.2, 0.25) is 0 Å². The van der Waals surface area contributed by atoms with E-state index in [4.69, 9.17) is 10.2 Å². The second-order valence-electron chi connectivity index (χ2n) is 2.83. The summed E-state index contributed by atoms with van der Waals surface area (Å²) in [7, 11) is 0. The molecule has 0 saturated carbocycles. The molecule has 0 saturated heterocycles. The van der Waals surface area contributed by atoms with Crippen molar-refractivity contribution in [2.45, 2.75) is 46.1 Å². The number of carbonyl (C=O) groups excluding carboxylic acids is 1. The van der Waals surface area contributed by atoms with E-state index >= 15 is 0 Å². The molecule has 3 nitrogen and oxygen atoms in total. The Bertz CT molecular complexity index is 103. The SMILES string of the molecule is CC(=O)CC(C)O.CCCCO.[Zr]. The van der Waals surface area contributed by atoms with Gasteiger partial charge in [0.2, 0.25) is 0 Å². The fourth-order valence-electron chi connectivity index (χ4n) is 0.574. The first-order valence-electron chi connectivity index (χ1n) is 4.32. The molecule has 1 atom stereocenters. The van der Waals surface area contributed by atoms with Crippen molar-refractivity contribution in [2.24, 2.45) is 0 Å². The fraction of sp³-hybridized carbons (Fsp3) is 0.889. The number of Topliss-reactive ketones (excluding diaryl/α,β-unsaturated/α-hetero) is 1. The van der Waals surface area contributed by atoms with Crippen LogP contribution in [0.5, 0.6) is 0 Å². The van der Waals surface area contributed by atoms with Gasteiger partial charge in [-0.2, -0.15) is 0 Å². The van der Waals surface area contributed by atoms with Gasteiger partial charge < -0.3 is 10.2 Å². The van der Waals surface area contributed by atoms with Gasteiger partial charge in [0, 0.05) is 39.2 Å². The predicted octanol–water partition coefficient (Wildman–Crippen LogP) is 1.12. The van der Waals surface area contributed by atoms with E-state index in [-0.39, 0.29) is 38.4 Å². The molecule has 0 bridgehead atoms. The molecule has 0 aliphatic carbocycles. The Kier molecular flexibility index (Phi) is 22.0. The molecule has 78 valence electrons. The van der Waals surface area contributed by atoms with Crippen LogP contribution in [0.1, 0.15) is 40.0 Å². The van der Waals surface area contributed by atoms with Crippen molar-refractivity contribution < 1.29 is 41.2 Å². The first kappa shape index (κ1) is 19.1. The quantitative estimate of drug-likeness (QED) is 0.802. The van der Waals surface area contributed by atoms with Crippen LogP contribution in [-0.4, -0.2) is 28.7 Å². The van der Waals surface area contributed by atoms with Gasteiger partial charge in [-0.3, -0.25) is 4.79 Å². The molecule has 2 N–H and O–H groups in total. The van der Waals surface area contributed by atoms with E-state index in [1.165, 1.54) is 6.92 Å². The van der Waals surface area contributed by atoms with E-state index in [1.54, 1.807) is 6.92 Å². The molecular weight excluding hydrogens is 247 g/mol.